The lowest BCUT2D eigenvalue weighted by molar-refractivity contribution is -0.128. The molecule has 0 spiro atoms. The largest absolute Gasteiger partial charge is 0.357 e. The third kappa shape index (κ3) is 6.93. The summed E-state index contributed by atoms with van der Waals surface area (Å²) in [5.41, 5.74) is 2.37. The van der Waals surface area contributed by atoms with Gasteiger partial charge in [0.15, 0.2) is 5.96 Å². The normalized spacial score (nSPS) is 13.9. The van der Waals surface area contributed by atoms with Crippen LogP contribution in [0.1, 0.15) is 36.5 Å². The SMILES string of the molecule is CCNC(=NCc1ccc(CN2CCCC2=O)cc1)NCc1cc(F)ccc1F.I. The molecule has 0 unspecified atom stereocenters. The number of guanidine groups is 1. The van der Waals surface area contributed by atoms with E-state index in [1.54, 1.807) is 0 Å². The minimum Gasteiger partial charge on any atom is -0.357 e. The number of likely N-dealkylation sites (tertiary alicyclic amines) is 1. The summed E-state index contributed by atoms with van der Waals surface area (Å²) in [6, 6.07) is 11.4. The molecule has 0 radical (unpaired) electrons. The first-order valence-electron chi connectivity index (χ1n) is 9.87. The molecule has 162 valence electrons. The molecule has 0 saturated carbocycles. The number of hydrogen-bond donors (Lipinski definition) is 2. The smallest absolute Gasteiger partial charge is 0.222 e. The zero-order chi connectivity index (χ0) is 20.6. The molecule has 5 nitrogen and oxygen atoms in total. The van der Waals surface area contributed by atoms with Gasteiger partial charge in [0.05, 0.1) is 6.54 Å². The van der Waals surface area contributed by atoms with Crippen LogP contribution in [0.25, 0.3) is 0 Å². The average molecular weight is 528 g/mol. The van der Waals surface area contributed by atoms with Crippen molar-refractivity contribution in [1.82, 2.24) is 15.5 Å². The molecule has 30 heavy (non-hydrogen) atoms. The van der Waals surface area contributed by atoms with Crippen molar-refractivity contribution in [3.05, 3.63) is 70.8 Å². The van der Waals surface area contributed by atoms with E-state index in [-0.39, 0.29) is 42.0 Å². The van der Waals surface area contributed by atoms with Gasteiger partial charge in [-0.3, -0.25) is 4.79 Å². The Bertz CT molecular complexity index is 874. The summed E-state index contributed by atoms with van der Waals surface area (Å²) in [7, 11) is 0. The number of hydrogen-bond acceptors (Lipinski definition) is 2. The first-order chi connectivity index (χ1) is 14.0. The van der Waals surface area contributed by atoms with Crippen LogP contribution in [-0.2, 0) is 24.4 Å². The van der Waals surface area contributed by atoms with E-state index >= 15 is 0 Å². The van der Waals surface area contributed by atoms with Crippen molar-refractivity contribution in [2.45, 2.75) is 39.4 Å². The Labute approximate surface area is 193 Å². The third-order valence-corrected chi connectivity index (χ3v) is 4.79. The van der Waals surface area contributed by atoms with Crippen LogP contribution in [0.3, 0.4) is 0 Å². The Morgan fingerprint density at radius 2 is 1.83 bits per heavy atom. The van der Waals surface area contributed by atoms with Gasteiger partial charge in [-0.15, -0.1) is 24.0 Å². The Morgan fingerprint density at radius 3 is 2.50 bits per heavy atom. The Morgan fingerprint density at radius 1 is 1.10 bits per heavy atom. The molecule has 1 saturated heterocycles. The second-order valence-electron chi connectivity index (χ2n) is 7.02. The summed E-state index contributed by atoms with van der Waals surface area (Å²) in [4.78, 5) is 18.1. The van der Waals surface area contributed by atoms with Crippen LogP contribution in [-0.4, -0.2) is 29.9 Å². The standard InChI is InChI=1S/C22H26F2N4O.HI/c1-2-25-22(27-14-18-12-19(23)9-10-20(18)24)26-13-16-5-7-17(8-6-16)15-28-11-3-4-21(28)29;/h5-10,12H,2-4,11,13-15H2,1H3,(H2,25,26,27);1H. The lowest BCUT2D eigenvalue weighted by Gasteiger charge is -2.15. The average Bonchev–Trinajstić information content (AvgIpc) is 3.12. The van der Waals surface area contributed by atoms with E-state index in [1.165, 1.54) is 6.07 Å². The van der Waals surface area contributed by atoms with Gasteiger partial charge < -0.3 is 15.5 Å². The molecule has 0 atom stereocenters. The number of carbonyl (C=O) groups excluding carboxylic acids is 1. The van der Waals surface area contributed by atoms with Gasteiger partial charge in [-0.25, -0.2) is 13.8 Å². The molecule has 0 aromatic heterocycles. The number of benzene rings is 2. The predicted molar refractivity (Wildman–Crippen MR) is 125 cm³/mol. The van der Waals surface area contributed by atoms with Gasteiger partial charge in [0.1, 0.15) is 11.6 Å². The van der Waals surface area contributed by atoms with Gasteiger partial charge in [-0.1, -0.05) is 24.3 Å². The van der Waals surface area contributed by atoms with E-state index in [1.807, 2.05) is 36.1 Å². The van der Waals surface area contributed by atoms with Crippen molar-refractivity contribution in [2.24, 2.45) is 4.99 Å². The van der Waals surface area contributed by atoms with E-state index in [0.717, 1.165) is 36.2 Å². The van der Waals surface area contributed by atoms with Crippen LogP contribution in [0, 0.1) is 11.6 Å². The van der Waals surface area contributed by atoms with Crippen molar-refractivity contribution >= 4 is 35.8 Å². The zero-order valence-electron chi connectivity index (χ0n) is 17.0. The molecule has 1 fully saturated rings. The van der Waals surface area contributed by atoms with Gasteiger partial charge in [0.25, 0.3) is 0 Å². The number of nitrogens with zero attached hydrogens (tertiary/aromatic N) is 2. The van der Waals surface area contributed by atoms with E-state index in [2.05, 4.69) is 15.6 Å². The summed E-state index contributed by atoms with van der Waals surface area (Å²) < 4.78 is 27.1. The first-order valence-corrected chi connectivity index (χ1v) is 9.87. The maximum absolute atomic E-state index is 13.8. The highest BCUT2D eigenvalue weighted by Crippen LogP contribution is 2.15. The summed E-state index contributed by atoms with van der Waals surface area (Å²) in [5, 5.41) is 6.13. The molecule has 1 aliphatic rings. The van der Waals surface area contributed by atoms with E-state index in [4.69, 9.17) is 0 Å². The van der Waals surface area contributed by atoms with Crippen molar-refractivity contribution in [2.75, 3.05) is 13.1 Å². The number of amides is 1. The molecular formula is C22H27F2IN4O. The van der Waals surface area contributed by atoms with Crippen molar-refractivity contribution in [1.29, 1.82) is 0 Å². The van der Waals surface area contributed by atoms with Crippen molar-refractivity contribution in [3.8, 4) is 0 Å². The summed E-state index contributed by atoms with van der Waals surface area (Å²) in [5.74, 6) is -0.180. The molecule has 3 rings (SSSR count). The molecule has 8 heteroatoms. The van der Waals surface area contributed by atoms with Gasteiger partial charge in [-0.2, -0.15) is 0 Å². The number of rotatable bonds is 7. The number of aliphatic imine (C=N–C) groups is 1. The van der Waals surface area contributed by atoms with Gasteiger partial charge in [-0.05, 0) is 42.7 Å². The van der Waals surface area contributed by atoms with Gasteiger partial charge in [0.2, 0.25) is 5.91 Å². The molecule has 0 aliphatic carbocycles. The number of halogens is 3. The lowest BCUT2D eigenvalue weighted by atomic mass is 10.1. The third-order valence-electron chi connectivity index (χ3n) is 4.79. The highest BCUT2D eigenvalue weighted by Gasteiger charge is 2.19. The van der Waals surface area contributed by atoms with Gasteiger partial charge in [0, 0.05) is 38.2 Å². The summed E-state index contributed by atoms with van der Waals surface area (Å²) >= 11 is 0. The second-order valence-corrected chi connectivity index (χ2v) is 7.02. The van der Waals surface area contributed by atoms with Crippen LogP contribution in [0.5, 0.6) is 0 Å². The highest BCUT2D eigenvalue weighted by atomic mass is 127. The van der Waals surface area contributed by atoms with E-state index in [9.17, 15) is 13.6 Å². The minimum absolute atomic E-state index is 0. The molecule has 1 heterocycles. The first kappa shape index (κ1) is 24.0. The fourth-order valence-corrected chi connectivity index (χ4v) is 3.21. The fraction of sp³-hybridized carbons (Fsp3) is 0.364. The van der Waals surface area contributed by atoms with Crippen molar-refractivity contribution in [3.63, 3.8) is 0 Å². The van der Waals surface area contributed by atoms with Crippen LogP contribution < -0.4 is 10.6 Å². The van der Waals surface area contributed by atoms with Crippen LogP contribution >= 0.6 is 24.0 Å². The predicted octanol–water partition coefficient (Wildman–Crippen LogP) is 3.96. The molecule has 1 aliphatic heterocycles. The Hall–Kier alpha value is -2.23. The van der Waals surface area contributed by atoms with Gasteiger partial charge >= 0.3 is 0 Å². The molecular weight excluding hydrogens is 501 g/mol. The van der Waals surface area contributed by atoms with E-state index < -0.39 is 11.6 Å². The molecule has 2 aromatic rings. The quantitative estimate of drug-likeness (QED) is 0.325. The second kappa shape index (κ2) is 11.8. The molecule has 2 N–H and O–H groups in total. The number of carbonyl (C=O) groups is 1. The lowest BCUT2D eigenvalue weighted by Crippen LogP contribution is -2.37. The van der Waals surface area contributed by atoms with Crippen LogP contribution in [0.2, 0.25) is 0 Å². The maximum Gasteiger partial charge on any atom is 0.222 e. The monoisotopic (exact) mass is 528 g/mol. The Balaban J connectivity index is 0.00000320. The highest BCUT2D eigenvalue weighted by molar-refractivity contribution is 14.0. The maximum atomic E-state index is 13.8. The zero-order valence-corrected chi connectivity index (χ0v) is 19.3. The topological polar surface area (TPSA) is 56.7 Å². The summed E-state index contributed by atoms with van der Waals surface area (Å²) in [6.07, 6.45) is 1.58. The minimum atomic E-state index is -0.471. The van der Waals surface area contributed by atoms with Crippen molar-refractivity contribution < 1.29 is 13.6 Å². The van der Waals surface area contributed by atoms with E-state index in [0.29, 0.717) is 32.0 Å². The molecule has 1 amide bonds. The summed E-state index contributed by atoms with van der Waals surface area (Å²) in [6.45, 7) is 4.65. The molecule has 2 aromatic carbocycles. The fourth-order valence-electron chi connectivity index (χ4n) is 3.21. The van der Waals surface area contributed by atoms with Crippen LogP contribution in [0.4, 0.5) is 8.78 Å². The number of nitrogens with one attached hydrogen (secondary N) is 2. The van der Waals surface area contributed by atoms with Crippen LogP contribution in [0.15, 0.2) is 47.5 Å². The molecule has 0 bridgehead atoms. The Kier molecular flexibility index (Phi) is 9.48.